The van der Waals surface area contributed by atoms with E-state index in [1.807, 2.05) is 6.92 Å². The van der Waals surface area contributed by atoms with Crippen molar-refractivity contribution in [1.82, 2.24) is 0 Å². The molecule has 2 aliphatic rings. The molecule has 2 saturated heterocycles. The summed E-state index contributed by atoms with van der Waals surface area (Å²) < 4.78 is 15.4. The first-order valence-electron chi connectivity index (χ1n) is 5.33. The van der Waals surface area contributed by atoms with Crippen LogP contribution in [0.4, 0.5) is 0 Å². The van der Waals surface area contributed by atoms with Gasteiger partial charge in [0, 0.05) is 10.8 Å². The van der Waals surface area contributed by atoms with Crippen LogP contribution in [0.25, 0.3) is 0 Å². The first-order valence-corrected chi connectivity index (χ1v) is 5.33. The van der Waals surface area contributed by atoms with Gasteiger partial charge in [-0.1, -0.05) is 13.8 Å². The highest BCUT2D eigenvalue weighted by Crippen LogP contribution is 2.32. The van der Waals surface area contributed by atoms with Gasteiger partial charge in [0.15, 0.2) is 0 Å². The van der Waals surface area contributed by atoms with Crippen molar-refractivity contribution in [3.63, 3.8) is 0 Å². The van der Waals surface area contributed by atoms with E-state index in [9.17, 15) is 4.79 Å². The van der Waals surface area contributed by atoms with Crippen molar-refractivity contribution in [2.24, 2.45) is 10.8 Å². The SMILES string of the molecule is CC1(COC(=O)CC2(C)COC2)COC1. The first kappa shape index (κ1) is 10.9. The molecule has 4 heteroatoms. The molecule has 2 fully saturated rings. The molecule has 4 nitrogen and oxygen atoms in total. The van der Waals surface area contributed by atoms with Gasteiger partial charge in [0.05, 0.1) is 32.8 Å². The molecule has 86 valence electrons. The summed E-state index contributed by atoms with van der Waals surface area (Å²) in [5, 5.41) is 0. The minimum Gasteiger partial charge on any atom is -0.465 e. The molecule has 0 atom stereocenters. The summed E-state index contributed by atoms with van der Waals surface area (Å²) in [5.74, 6) is -0.117. The molecule has 0 N–H and O–H groups in total. The molecule has 0 aliphatic carbocycles. The number of ether oxygens (including phenoxy) is 3. The van der Waals surface area contributed by atoms with Crippen LogP contribution < -0.4 is 0 Å². The van der Waals surface area contributed by atoms with E-state index in [1.165, 1.54) is 0 Å². The van der Waals surface area contributed by atoms with Gasteiger partial charge in [-0.3, -0.25) is 4.79 Å². The number of rotatable bonds is 4. The highest BCUT2D eigenvalue weighted by Gasteiger charge is 2.38. The quantitative estimate of drug-likeness (QED) is 0.655. The van der Waals surface area contributed by atoms with Crippen LogP contribution >= 0.6 is 0 Å². The third-order valence-electron chi connectivity index (χ3n) is 2.95. The molecular formula is C11H18O4. The third-order valence-corrected chi connectivity index (χ3v) is 2.95. The Morgan fingerprint density at radius 1 is 1.13 bits per heavy atom. The fraction of sp³-hybridized carbons (Fsp3) is 0.909. The molecule has 0 aromatic rings. The fourth-order valence-corrected chi connectivity index (χ4v) is 1.74. The van der Waals surface area contributed by atoms with Gasteiger partial charge in [-0.05, 0) is 0 Å². The van der Waals surface area contributed by atoms with Gasteiger partial charge in [0.2, 0.25) is 0 Å². The smallest absolute Gasteiger partial charge is 0.306 e. The molecule has 0 aromatic carbocycles. The Morgan fingerprint density at radius 3 is 2.07 bits per heavy atom. The Hall–Kier alpha value is -0.610. The standard InChI is InChI=1S/C11H18O4/c1-10(4-13-5-10)3-9(12)15-8-11(2)6-14-7-11/h3-8H2,1-2H3. The van der Waals surface area contributed by atoms with E-state index in [1.54, 1.807) is 0 Å². The number of carbonyl (C=O) groups is 1. The largest absolute Gasteiger partial charge is 0.465 e. The molecule has 0 amide bonds. The first-order chi connectivity index (χ1) is 7.02. The number of carbonyl (C=O) groups excluding carboxylic acids is 1. The molecule has 15 heavy (non-hydrogen) atoms. The van der Waals surface area contributed by atoms with Crippen LogP contribution in [0.15, 0.2) is 0 Å². The van der Waals surface area contributed by atoms with E-state index >= 15 is 0 Å². The van der Waals surface area contributed by atoms with Crippen molar-refractivity contribution < 1.29 is 19.0 Å². The summed E-state index contributed by atoms with van der Waals surface area (Å²) in [7, 11) is 0. The summed E-state index contributed by atoms with van der Waals surface area (Å²) in [4.78, 5) is 11.5. The van der Waals surface area contributed by atoms with Crippen LogP contribution in [-0.2, 0) is 19.0 Å². The van der Waals surface area contributed by atoms with Crippen molar-refractivity contribution in [2.75, 3.05) is 33.0 Å². The predicted molar refractivity (Wildman–Crippen MR) is 53.4 cm³/mol. The van der Waals surface area contributed by atoms with Crippen molar-refractivity contribution in [3.8, 4) is 0 Å². The van der Waals surface area contributed by atoms with E-state index in [2.05, 4.69) is 6.92 Å². The summed E-state index contributed by atoms with van der Waals surface area (Å²) in [6, 6.07) is 0. The maximum atomic E-state index is 11.5. The van der Waals surface area contributed by atoms with Gasteiger partial charge in [0.1, 0.15) is 6.61 Å². The number of hydrogen-bond donors (Lipinski definition) is 0. The Morgan fingerprint density at radius 2 is 1.67 bits per heavy atom. The molecule has 0 spiro atoms. The van der Waals surface area contributed by atoms with E-state index in [0.717, 1.165) is 0 Å². The van der Waals surface area contributed by atoms with E-state index < -0.39 is 0 Å². The number of esters is 1. The van der Waals surface area contributed by atoms with E-state index in [0.29, 0.717) is 39.5 Å². The third kappa shape index (κ3) is 2.49. The average molecular weight is 214 g/mol. The molecule has 0 radical (unpaired) electrons. The lowest BCUT2D eigenvalue weighted by atomic mass is 9.85. The zero-order valence-corrected chi connectivity index (χ0v) is 9.38. The summed E-state index contributed by atoms with van der Waals surface area (Å²) >= 11 is 0. The fourth-order valence-electron chi connectivity index (χ4n) is 1.74. The topological polar surface area (TPSA) is 44.8 Å². The maximum Gasteiger partial charge on any atom is 0.306 e. The van der Waals surface area contributed by atoms with Gasteiger partial charge in [-0.2, -0.15) is 0 Å². The molecule has 0 unspecified atom stereocenters. The summed E-state index contributed by atoms with van der Waals surface area (Å²) in [5.41, 5.74) is 0.0563. The van der Waals surface area contributed by atoms with E-state index in [-0.39, 0.29) is 16.8 Å². The molecule has 2 heterocycles. The number of hydrogen-bond acceptors (Lipinski definition) is 4. The second-order valence-corrected chi connectivity index (χ2v) is 5.44. The highest BCUT2D eigenvalue weighted by molar-refractivity contribution is 5.70. The van der Waals surface area contributed by atoms with Crippen LogP contribution in [0, 0.1) is 10.8 Å². The maximum absolute atomic E-state index is 11.5. The highest BCUT2D eigenvalue weighted by atomic mass is 16.5. The molecule has 0 saturated carbocycles. The van der Waals surface area contributed by atoms with Gasteiger partial charge in [-0.25, -0.2) is 0 Å². The van der Waals surface area contributed by atoms with Crippen LogP contribution in [0.2, 0.25) is 0 Å². The van der Waals surface area contributed by atoms with Crippen LogP contribution in [0.5, 0.6) is 0 Å². The molecular weight excluding hydrogens is 196 g/mol. The van der Waals surface area contributed by atoms with Crippen molar-refractivity contribution in [2.45, 2.75) is 20.3 Å². The van der Waals surface area contributed by atoms with Crippen LogP contribution in [0.3, 0.4) is 0 Å². The minimum atomic E-state index is -0.117. The lowest BCUT2D eigenvalue weighted by Crippen LogP contribution is -2.45. The molecule has 2 rings (SSSR count). The average Bonchev–Trinajstić information content (AvgIpc) is 2.09. The molecule has 0 bridgehead atoms. The summed E-state index contributed by atoms with van der Waals surface area (Å²) in [6.07, 6.45) is 0.462. The zero-order chi connectivity index (χ0) is 10.9. The Kier molecular flexibility index (Phi) is 2.73. The van der Waals surface area contributed by atoms with Gasteiger partial charge < -0.3 is 14.2 Å². The minimum absolute atomic E-state index is 0.00804. The normalized spacial score (nSPS) is 26.3. The van der Waals surface area contributed by atoms with Gasteiger partial charge >= 0.3 is 5.97 Å². The van der Waals surface area contributed by atoms with Gasteiger partial charge in [-0.15, -0.1) is 0 Å². The molecule has 2 aliphatic heterocycles. The molecule has 0 aromatic heterocycles. The lowest BCUT2D eigenvalue weighted by molar-refractivity contribution is -0.175. The van der Waals surface area contributed by atoms with E-state index in [4.69, 9.17) is 14.2 Å². The Labute approximate surface area is 89.9 Å². The predicted octanol–water partition coefficient (Wildman–Crippen LogP) is 0.993. The Balaban J connectivity index is 1.68. The van der Waals surface area contributed by atoms with Gasteiger partial charge in [0.25, 0.3) is 0 Å². The van der Waals surface area contributed by atoms with Crippen LogP contribution in [0.1, 0.15) is 20.3 Å². The second kappa shape index (κ2) is 3.76. The van der Waals surface area contributed by atoms with Crippen molar-refractivity contribution >= 4 is 5.97 Å². The van der Waals surface area contributed by atoms with Crippen LogP contribution in [-0.4, -0.2) is 39.0 Å². The zero-order valence-electron chi connectivity index (χ0n) is 9.38. The van der Waals surface area contributed by atoms with Crippen molar-refractivity contribution in [3.05, 3.63) is 0 Å². The summed E-state index contributed by atoms with van der Waals surface area (Å²) in [6.45, 7) is 7.32. The monoisotopic (exact) mass is 214 g/mol. The second-order valence-electron chi connectivity index (χ2n) is 5.44. The van der Waals surface area contributed by atoms with Crippen molar-refractivity contribution in [1.29, 1.82) is 0 Å². The Bertz CT molecular complexity index is 253. The lowest BCUT2D eigenvalue weighted by Gasteiger charge is -2.39.